The predicted octanol–water partition coefficient (Wildman–Crippen LogP) is 3.17. The lowest BCUT2D eigenvalue weighted by Crippen LogP contribution is -2.23. The highest BCUT2D eigenvalue weighted by molar-refractivity contribution is 5.24. The highest BCUT2D eigenvalue weighted by atomic mass is 19.1. The molecule has 0 aromatic heterocycles. The Hall–Kier alpha value is -1.47. The zero-order valence-corrected chi connectivity index (χ0v) is 9.56. The van der Waals surface area contributed by atoms with E-state index in [0.29, 0.717) is 31.5 Å². The van der Waals surface area contributed by atoms with Gasteiger partial charge in [-0.15, -0.1) is 12.3 Å². The third-order valence-electron chi connectivity index (χ3n) is 2.42. The van der Waals surface area contributed by atoms with Crippen LogP contribution >= 0.6 is 0 Å². The molecule has 92 valence electrons. The molecule has 1 aromatic carbocycles. The highest BCUT2D eigenvalue weighted by Crippen LogP contribution is 2.25. The van der Waals surface area contributed by atoms with Crippen LogP contribution in [0.3, 0.4) is 0 Å². The summed E-state index contributed by atoms with van der Waals surface area (Å²) in [4.78, 5) is 0. The molecule has 0 aliphatic carbocycles. The first-order valence-electron chi connectivity index (χ1n) is 5.41. The maximum Gasteiger partial charge on any atom is 0.133 e. The fraction of sp³-hybridized carbons (Fsp3) is 0.385. The van der Waals surface area contributed by atoms with Crippen LogP contribution in [0.5, 0.6) is 0 Å². The van der Waals surface area contributed by atoms with Crippen molar-refractivity contribution in [2.75, 3.05) is 6.54 Å². The van der Waals surface area contributed by atoms with Crippen molar-refractivity contribution < 1.29 is 13.2 Å². The molecule has 0 aliphatic heterocycles. The minimum Gasteiger partial charge on any atom is -0.310 e. The zero-order valence-electron chi connectivity index (χ0n) is 9.56. The molecule has 0 saturated carbocycles. The van der Waals surface area contributed by atoms with Crippen molar-refractivity contribution >= 4 is 0 Å². The van der Waals surface area contributed by atoms with Crippen LogP contribution in [0.4, 0.5) is 13.2 Å². The Morgan fingerprint density at radius 3 is 2.35 bits per heavy atom. The smallest absolute Gasteiger partial charge is 0.133 e. The lowest BCUT2D eigenvalue weighted by molar-refractivity contribution is 0.449. The number of hydrogen-bond donors (Lipinski definition) is 1. The molecule has 0 bridgehead atoms. The lowest BCUT2D eigenvalue weighted by atomic mass is 10.0. The van der Waals surface area contributed by atoms with Crippen LogP contribution in [-0.2, 0) is 0 Å². The van der Waals surface area contributed by atoms with Crippen LogP contribution in [0, 0.1) is 29.8 Å². The normalized spacial score (nSPS) is 12.2. The van der Waals surface area contributed by atoms with Crippen molar-refractivity contribution in [3.63, 3.8) is 0 Å². The monoisotopic (exact) mass is 241 g/mol. The second-order valence-corrected chi connectivity index (χ2v) is 3.64. The molecule has 1 nitrogen and oxygen atoms in total. The topological polar surface area (TPSA) is 12.0 Å². The van der Waals surface area contributed by atoms with Gasteiger partial charge in [-0.3, -0.25) is 0 Å². The van der Waals surface area contributed by atoms with E-state index in [-0.39, 0.29) is 5.56 Å². The summed E-state index contributed by atoms with van der Waals surface area (Å²) in [5, 5.41) is 2.94. The fourth-order valence-electron chi connectivity index (χ4n) is 1.71. The van der Waals surface area contributed by atoms with Gasteiger partial charge in [-0.1, -0.05) is 6.92 Å². The van der Waals surface area contributed by atoms with Gasteiger partial charge in [0, 0.05) is 30.2 Å². The average Bonchev–Trinajstić information content (AvgIpc) is 2.24. The van der Waals surface area contributed by atoms with Gasteiger partial charge >= 0.3 is 0 Å². The van der Waals surface area contributed by atoms with E-state index in [2.05, 4.69) is 11.2 Å². The summed E-state index contributed by atoms with van der Waals surface area (Å²) >= 11 is 0. The molecule has 17 heavy (non-hydrogen) atoms. The van der Waals surface area contributed by atoms with Gasteiger partial charge in [0.05, 0.1) is 0 Å². The maximum atomic E-state index is 13.5. The van der Waals surface area contributed by atoms with Crippen molar-refractivity contribution in [1.82, 2.24) is 5.32 Å². The molecule has 0 heterocycles. The minimum atomic E-state index is -0.920. The van der Waals surface area contributed by atoms with Gasteiger partial charge in [0.2, 0.25) is 0 Å². The van der Waals surface area contributed by atoms with E-state index < -0.39 is 23.5 Å². The Bertz CT molecular complexity index is 400. The van der Waals surface area contributed by atoms with Gasteiger partial charge in [0.25, 0.3) is 0 Å². The van der Waals surface area contributed by atoms with E-state index in [9.17, 15) is 13.2 Å². The summed E-state index contributed by atoms with van der Waals surface area (Å²) in [6.45, 7) is 2.37. The molecule has 1 atom stereocenters. The lowest BCUT2D eigenvalue weighted by Gasteiger charge is -2.18. The van der Waals surface area contributed by atoms with E-state index in [4.69, 9.17) is 6.42 Å². The van der Waals surface area contributed by atoms with Crippen molar-refractivity contribution in [1.29, 1.82) is 0 Å². The van der Waals surface area contributed by atoms with Crippen LogP contribution < -0.4 is 5.32 Å². The third-order valence-corrected chi connectivity index (χ3v) is 2.42. The number of hydrogen-bond acceptors (Lipinski definition) is 1. The molecule has 1 rings (SSSR count). The Morgan fingerprint density at radius 2 is 1.88 bits per heavy atom. The van der Waals surface area contributed by atoms with E-state index in [1.165, 1.54) is 0 Å². The second kappa shape index (κ2) is 6.31. The average molecular weight is 241 g/mol. The molecule has 0 spiro atoms. The number of terminal acetylenes is 1. The molecule has 0 fully saturated rings. The third kappa shape index (κ3) is 3.50. The van der Waals surface area contributed by atoms with Crippen LogP contribution in [0.25, 0.3) is 0 Å². The van der Waals surface area contributed by atoms with E-state index in [1.54, 1.807) is 0 Å². The SMILES string of the molecule is C#CCCC(NCC)c1c(F)cc(F)cc1F. The van der Waals surface area contributed by atoms with Gasteiger partial charge < -0.3 is 5.32 Å². The molecule has 0 amide bonds. The first-order valence-corrected chi connectivity index (χ1v) is 5.41. The Kier molecular flexibility index (Phi) is 5.05. The summed E-state index contributed by atoms with van der Waals surface area (Å²) in [7, 11) is 0. The van der Waals surface area contributed by atoms with E-state index >= 15 is 0 Å². The van der Waals surface area contributed by atoms with Gasteiger partial charge in [-0.05, 0) is 13.0 Å². The summed E-state index contributed by atoms with van der Waals surface area (Å²) < 4.78 is 39.9. The van der Waals surface area contributed by atoms with Crippen LogP contribution in [0.1, 0.15) is 31.4 Å². The molecule has 0 radical (unpaired) electrons. The summed E-state index contributed by atoms with van der Waals surface area (Å²) in [5.74, 6) is -0.270. The minimum absolute atomic E-state index is 0.150. The molecule has 4 heteroatoms. The summed E-state index contributed by atoms with van der Waals surface area (Å²) in [6, 6.07) is 0.828. The zero-order chi connectivity index (χ0) is 12.8. The van der Waals surface area contributed by atoms with Crippen molar-refractivity contribution in [2.45, 2.75) is 25.8 Å². The van der Waals surface area contributed by atoms with Gasteiger partial charge in [0.15, 0.2) is 0 Å². The molecular weight excluding hydrogens is 227 g/mol. The van der Waals surface area contributed by atoms with E-state index in [1.807, 2.05) is 6.92 Å². The summed E-state index contributed by atoms with van der Waals surface area (Å²) in [6.07, 6.45) is 5.93. The first kappa shape index (κ1) is 13.6. The number of nitrogens with one attached hydrogen (secondary N) is 1. The molecule has 1 unspecified atom stereocenters. The molecular formula is C13H14F3N. The molecule has 0 aliphatic rings. The van der Waals surface area contributed by atoms with Crippen LogP contribution in [0.15, 0.2) is 12.1 Å². The van der Waals surface area contributed by atoms with Gasteiger partial charge in [-0.2, -0.15) is 0 Å². The largest absolute Gasteiger partial charge is 0.310 e. The van der Waals surface area contributed by atoms with Gasteiger partial charge in [0.1, 0.15) is 17.5 Å². The Balaban J connectivity index is 3.05. The second-order valence-electron chi connectivity index (χ2n) is 3.64. The van der Waals surface area contributed by atoms with Crippen LogP contribution in [0.2, 0.25) is 0 Å². The quantitative estimate of drug-likeness (QED) is 0.781. The predicted molar refractivity (Wildman–Crippen MR) is 60.8 cm³/mol. The molecule has 1 N–H and O–H groups in total. The number of benzene rings is 1. The maximum absolute atomic E-state index is 13.5. The van der Waals surface area contributed by atoms with Crippen molar-refractivity contribution in [3.8, 4) is 12.3 Å². The summed E-state index contributed by atoms with van der Waals surface area (Å²) in [5.41, 5.74) is -0.150. The van der Waals surface area contributed by atoms with Crippen molar-refractivity contribution in [2.24, 2.45) is 0 Å². The number of halogens is 3. The Labute approximate surface area is 99.0 Å². The number of rotatable bonds is 5. The molecule has 1 aromatic rings. The van der Waals surface area contributed by atoms with E-state index in [0.717, 1.165) is 0 Å². The first-order chi connectivity index (χ1) is 8.10. The molecule has 0 saturated heterocycles. The fourth-order valence-corrected chi connectivity index (χ4v) is 1.71. The highest BCUT2D eigenvalue weighted by Gasteiger charge is 2.20. The Morgan fingerprint density at radius 1 is 1.29 bits per heavy atom. The standard InChI is InChI=1S/C13H14F3N/c1-3-5-6-12(17-4-2)13-10(15)7-9(14)8-11(13)16/h1,7-8,12,17H,4-6H2,2H3. The van der Waals surface area contributed by atoms with Crippen molar-refractivity contribution in [3.05, 3.63) is 35.1 Å². The van der Waals surface area contributed by atoms with Crippen LogP contribution in [-0.4, -0.2) is 6.54 Å². The van der Waals surface area contributed by atoms with Gasteiger partial charge in [-0.25, -0.2) is 13.2 Å².